The van der Waals surface area contributed by atoms with Gasteiger partial charge >= 0.3 is 6.18 Å². The number of rotatable bonds is 2. The molecule has 1 aromatic heterocycles. The van der Waals surface area contributed by atoms with E-state index in [1.54, 1.807) is 12.1 Å². The molecule has 0 fully saturated rings. The zero-order chi connectivity index (χ0) is 15.1. The maximum absolute atomic E-state index is 12.6. The van der Waals surface area contributed by atoms with Crippen molar-refractivity contribution < 1.29 is 18.0 Å². The van der Waals surface area contributed by atoms with Crippen LogP contribution in [0.5, 0.6) is 0 Å². The van der Waals surface area contributed by atoms with E-state index in [0.717, 1.165) is 15.2 Å². The van der Waals surface area contributed by atoms with Gasteiger partial charge in [0.15, 0.2) is 5.54 Å². The van der Waals surface area contributed by atoms with Crippen molar-refractivity contribution in [1.29, 1.82) is 0 Å². The number of fused-ring (bicyclic) bond motifs is 1. The Labute approximate surface area is 116 Å². The Morgan fingerprint density at radius 1 is 1.40 bits per heavy atom. The second-order valence-electron chi connectivity index (χ2n) is 4.57. The van der Waals surface area contributed by atoms with Crippen molar-refractivity contribution in [2.45, 2.75) is 25.6 Å². The summed E-state index contributed by atoms with van der Waals surface area (Å²) in [5, 5.41) is 3.02. The number of nitrogens with one attached hydrogen (secondary N) is 1. The number of halogens is 3. The summed E-state index contributed by atoms with van der Waals surface area (Å²) in [5.74, 6) is -1.30. The summed E-state index contributed by atoms with van der Waals surface area (Å²) in [4.78, 5) is 15.9. The number of alkyl halides is 3. The highest BCUT2D eigenvalue weighted by Crippen LogP contribution is 2.30. The molecule has 1 atom stereocenters. The normalized spacial score (nSPS) is 15.1. The van der Waals surface area contributed by atoms with Crippen LogP contribution in [-0.2, 0) is 4.79 Å². The average molecular weight is 303 g/mol. The first-order valence-electron chi connectivity index (χ1n) is 5.65. The Balaban J connectivity index is 2.26. The van der Waals surface area contributed by atoms with Gasteiger partial charge in [-0.3, -0.25) is 4.79 Å². The van der Waals surface area contributed by atoms with Crippen LogP contribution in [0.1, 0.15) is 11.9 Å². The van der Waals surface area contributed by atoms with Crippen LogP contribution in [0.15, 0.2) is 18.2 Å². The van der Waals surface area contributed by atoms with Crippen LogP contribution in [-0.4, -0.2) is 22.6 Å². The SMILES string of the molecule is Cc1nc2ccc(NC(=O)C(C)(N)C(F)(F)F)cc2s1. The van der Waals surface area contributed by atoms with Gasteiger partial charge in [-0.1, -0.05) is 0 Å². The van der Waals surface area contributed by atoms with Crippen LogP contribution in [0.25, 0.3) is 10.2 Å². The molecular weight excluding hydrogens is 291 g/mol. The first-order valence-corrected chi connectivity index (χ1v) is 6.47. The van der Waals surface area contributed by atoms with Crippen LogP contribution in [0.4, 0.5) is 18.9 Å². The Morgan fingerprint density at radius 3 is 2.65 bits per heavy atom. The third kappa shape index (κ3) is 2.61. The van der Waals surface area contributed by atoms with Crippen molar-refractivity contribution in [3.63, 3.8) is 0 Å². The lowest BCUT2D eigenvalue weighted by Gasteiger charge is -2.26. The molecule has 8 heteroatoms. The Hall–Kier alpha value is -1.67. The maximum atomic E-state index is 12.6. The number of carbonyl (C=O) groups is 1. The van der Waals surface area contributed by atoms with E-state index in [9.17, 15) is 18.0 Å². The van der Waals surface area contributed by atoms with Gasteiger partial charge in [-0.05, 0) is 32.0 Å². The topological polar surface area (TPSA) is 68.0 Å². The van der Waals surface area contributed by atoms with Gasteiger partial charge in [-0.25, -0.2) is 4.98 Å². The fraction of sp³-hybridized carbons (Fsp3) is 0.333. The van der Waals surface area contributed by atoms with Crippen LogP contribution in [0.2, 0.25) is 0 Å². The molecule has 0 radical (unpaired) electrons. The Bertz CT molecular complexity index is 664. The standard InChI is InChI=1S/C12H12F3N3OS/c1-6-17-8-4-3-7(5-9(8)20-6)18-10(19)11(2,16)12(13,14)15/h3-5H,16H2,1-2H3,(H,18,19). The summed E-state index contributed by atoms with van der Waals surface area (Å²) in [6, 6.07) is 4.70. The zero-order valence-corrected chi connectivity index (χ0v) is 11.5. The lowest BCUT2D eigenvalue weighted by atomic mass is 10.0. The van der Waals surface area contributed by atoms with Gasteiger partial charge in [-0.2, -0.15) is 13.2 Å². The molecule has 0 saturated heterocycles. The number of aromatic nitrogens is 1. The molecule has 0 aliphatic carbocycles. The molecule has 0 bridgehead atoms. The number of amides is 1. The smallest absolute Gasteiger partial charge is 0.324 e. The number of hydrogen-bond acceptors (Lipinski definition) is 4. The van der Waals surface area contributed by atoms with Crippen molar-refractivity contribution in [3.8, 4) is 0 Å². The number of carbonyl (C=O) groups excluding carboxylic acids is 1. The monoisotopic (exact) mass is 303 g/mol. The van der Waals surface area contributed by atoms with Gasteiger partial charge in [0, 0.05) is 5.69 Å². The van der Waals surface area contributed by atoms with Crippen molar-refractivity contribution in [2.24, 2.45) is 5.73 Å². The molecule has 1 heterocycles. The van der Waals surface area contributed by atoms with Crippen LogP contribution in [0.3, 0.4) is 0 Å². The highest BCUT2D eigenvalue weighted by atomic mass is 32.1. The second kappa shape index (κ2) is 4.71. The first kappa shape index (κ1) is 14.7. The second-order valence-corrected chi connectivity index (χ2v) is 5.80. The van der Waals surface area contributed by atoms with Gasteiger partial charge in [-0.15, -0.1) is 11.3 Å². The van der Waals surface area contributed by atoms with E-state index in [4.69, 9.17) is 5.73 Å². The van der Waals surface area contributed by atoms with Gasteiger partial charge in [0.25, 0.3) is 5.91 Å². The molecule has 2 rings (SSSR count). The number of anilines is 1. The van der Waals surface area contributed by atoms with Crippen LogP contribution >= 0.6 is 11.3 Å². The predicted molar refractivity (Wildman–Crippen MR) is 71.6 cm³/mol. The molecule has 0 aliphatic heterocycles. The van der Waals surface area contributed by atoms with Gasteiger partial charge in [0.05, 0.1) is 15.2 Å². The van der Waals surface area contributed by atoms with Gasteiger partial charge in [0.2, 0.25) is 0 Å². The highest BCUT2D eigenvalue weighted by molar-refractivity contribution is 7.18. The van der Waals surface area contributed by atoms with E-state index in [0.29, 0.717) is 6.92 Å². The summed E-state index contributed by atoms with van der Waals surface area (Å²) < 4.78 is 38.7. The van der Waals surface area contributed by atoms with E-state index in [1.165, 1.54) is 17.4 Å². The molecule has 0 spiro atoms. The van der Waals surface area contributed by atoms with Crippen molar-refractivity contribution in [2.75, 3.05) is 5.32 Å². The minimum Gasteiger partial charge on any atom is -0.324 e. The Morgan fingerprint density at radius 2 is 2.05 bits per heavy atom. The quantitative estimate of drug-likeness (QED) is 0.896. The van der Waals surface area contributed by atoms with E-state index in [2.05, 4.69) is 10.3 Å². The third-order valence-electron chi connectivity index (χ3n) is 2.81. The molecule has 1 unspecified atom stereocenters. The highest BCUT2D eigenvalue weighted by Gasteiger charge is 2.53. The largest absolute Gasteiger partial charge is 0.415 e. The van der Waals surface area contributed by atoms with Crippen molar-refractivity contribution in [3.05, 3.63) is 23.2 Å². The number of benzene rings is 1. The molecule has 1 aromatic carbocycles. The number of nitrogens with two attached hydrogens (primary N) is 1. The summed E-state index contributed by atoms with van der Waals surface area (Å²) in [6.07, 6.45) is -4.82. The number of thiazole rings is 1. The number of aryl methyl sites for hydroxylation is 1. The van der Waals surface area contributed by atoms with E-state index < -0.39 is 17.6 Å². The zero-order valence-electron chi connectivity index (χ0n) is 10.7. The number of hydrogen-bond donors (Lipinski definition) is 2. The molecule has 20 heavy (non-hydrogen) atoms. The Kier molecular flexibility index (Phi) is 3.47. The third-order valence-corrected chi connectivity index (χ3v) is 3.75. The maximum Gasteiger partial charge on any atom is 0.415 e. The summed E-state index contributed by atoms with van der Waals surface area (Å²) in [5.41, 5.74) is 3.11. The molecular formula is C12H12F3N3OS. The van der Waals surface area contributed by atoms with Crippen LogP contribution < -0.4 is 11.1 Å². The fourth-order valence-electron chi connectivity index (χ4n) is 1.51. The van der Waals surface area contributed by atoms with Gasteiger partial charge < -0.3 is 11.1 Å². The lowest BCUT2D eigenvalue weighted by molar-refractivity contribution is -0.184. The molecule has 4 nitrogen and oxygen atoms in total. The fourth-order valence-corrected chi connectivity index (χ4v) is 2.37. The van der Waals surface area contributed by atoms with Crippen molar-refractivity contribution >= 4 is 33.1 Å². The minimum atomic E-state index is -4.82. The summed E-state index contributed by atoms with van der Waals surface area (Å²) in [7, 11) is 0. The van der Waals surface area contributed by atoms with Gasteiger partial charge in [0.1, 0.15) is 0 Å². The lowest BCUT2D eigenvalue weighted by Crippen LogP contribution is -2.59. The molecule has 1 amide bonds. The first-order chi connectivity index (χ1) is 9.11. The molecule has 108 valence electrons. The summed E-state index contributed by atoms with van der Waals surface area (Å²) in [6.45, 7) is 2.46. The van der Waals surface area contributed by atoms with E-state index in [1.807, 2.05) is 6.92 Å². The minimum absolute atomic E-state index is 0.257. The van der Waals surface area contributed by atoms with Crippen LogP contribution in [0, 0.1) is 6.92 Å². The van der Waals surface area contributed by atoms with Crippen molar-refractivity contribution in [1.82, 2.24) is 4.98 Å². The van der Waals surface area contributed by atoms with E-state index >= 15 is 0 Å². The molecule has 0 aliphatic rings. The average Bonchev–Trinajstić information content (AvgIpc) is 2.66. The number of nitrogens with zero attached hydrogens (tertiary/aromatic N) is 1. The molecule has 2 aromatic rings. The molecule has 3 N–H and O–H groups in total. The summed E-state index contributed by atoms with van der Waals surface area (Å²) >= 11 is 1.39. The van der Waals surface area contributed by atoms with E-state index in [-0.39, 0.29) is 5.69 Å². The molecule has 0 saturated carbocycles. The predicted octanol–water partition coefficient (Wildman–Crippen LogP) is 2.82.